The molecule has 2 N–H and O–H groups in total. The van der Waals surface area contributed by atoms with Crippen molar-refractivity contribution in [2.24, 2.45) is 0 Å². The minimum atomic E-state index is -5.09. The van der Waals surface area contributed by atoms with Crippen molar-refractivity contribution in [1.82, 2.24) is 0 Å². The van der Waals surface area contributed by atoms with Crippen LogP contribution >= 0.6 is 7.82 Å². The fourth-order valence-corrected chi connectivity index (χ4v) is 4.25. The van der Waals surface area contributed by atoms with E-state index >= 15 is 0 Å². The van der Waals surface area contributed by atoms with Crippen LogP contribution in [0.2, 0.25) is 0 Å². The monoisotopic (exact) mass is 520 g/mol. The van der Waals surface area contributed by atoms with Gasteiger partial charge in [0.1, 0.15) is 11.6 Å². The molecule has 35 heavy (non-hydrogen) atoms. The van der Waals surface area contributed by atoms with Gasteiger partial charge in [-0.05, 0) is 20.8 Å². The molecule has 0 bridgehead atoms. The molecule has 0 aliphatic carbocycles. The molecule has 0 heterocycles. The molecule has 0 aromatic carbocycles. The van der Waals surface area contributed by atoms with Crippen LogP contribution in [0.4, 0.5) is 0 Å². The maximum atomic E-state index is 12.1. The molecule has 0 fully saturated rings. The lowest BCUT2D eigenvalue weighted by atomic mass is 9.84. The molecule has 0 aromatic rings. The summed E-state index contributed by atoms with van der Waals surface area (Å²) >= 11 is 0. The molecule has 200 valence electrons. The van der Waals surface area contributed by atoms with Gasteiger partial charge in [0.15, 0.2) is 0 Å². The Morgan fingerprint density at radius 1 is 0.800 bits per heavy atom. The molecular weight excluding hydrogens is 481 g/mol. The fourth-order valence-electron chi connectivity index (χ4n) is 3.47. The van der Waals surface area contributed by atoms with Gasteiger partial charge >= 0.3 is 25.7 Å². The molecule has 0 radical (unpaired) electrons. The molecule has 0 rings (SSSR count). The standard InChI is InChI=1S/C23H38NO10P/c1-16(2)20(25)31-13-10-19(24(7,8)9)23(34-35(28,29)30,11-14-32-21(26)17(3)4)12-15-33-22(27)18(5)6/h19H,1,3,5,10-15H2,2,4,6-9H3,(H-,28,29,30)/p+1. The quantitative estimate of drug-likeness (QED) is 0.102. The number of phosphoric acid groups is 1. The molecule has 1 unspecified atom stereocenters. The zero-order valence-corrected chi connectivity index (χ0v) is 22.4. The Morgan fingerprint density at radius 2 is 1.14 bits per heavy atom. The summed E-state index contributed by atoms with van der Waals surface area (Å²) in [7, 11) is 0.209. The molecule has 0 saturated heterocycles. The fraction of sp³-hybridized carbons (Fsp3) is 0.609. The van der Waals surface area contributed by atoms with Gasteiger partial charge in [0.2, 0.25) is 0 Å². The number of nitrogens with zero attached hydrogens (tertiary/aromatic N) is 1. The molecule has 0 aromatic heterocycles. The zero-order chi connectivity index (χ0) is 27.6. The Kier molecular flexibility index (Phi) is 12.8. The number of quaternary nitrogens is 1. The van der Waals surface area contributed by atoms with E-state index in [1.54, 1.807) is 21.1 Å². The van der Waals surface area contributed by atoms with E-state index in [4.69, 9.17) is 18.7 Å². The van der Waals surface area contributed by atoms with Crippen LogP contribution in [0, 0.1) is 0 Å². The number of rotatable bonds is 16. The number of ether oxygens (including phenoxy) is 3. The lowest BCUT2D eigenvalue weighted by molar-refractivity contribution is -0.904. The third-order valence-electron chi connectivity index (χ3n) is 5.03. The summed E-state index contributed by atoms with van der Waals surface area (Å²) in [5.41, 5.74) is -1.16. The second-order valence-electron chi connectivity index (χ2n) is 9.32. The predicted octanol–water partition coefficient (Wildman–Crippen LogP) is 2.44. The SMILES string of the molecule is C=C(C)C(=O)OCCC(C(CCOC(=O)C(=C)C)(CCOC(=O)C(=C)C)OP(=O)(O)O)[N+](C)(C)C. The Labute approximate surface area is 207 Å². The average Bonchev–Trinajstić information content (AvgIpc) is 2.68. The van der Waals surface area contributed by atoms with Crippen LogP contribution in [0.15, 0.2) is 36.5 Å². The number of hydrogen-bond acceptors (Lipinski definition) is 8. The topological polar surface area (TPSA) is 146 Å². The van der Waals surface area contributed by atoms with Crippen LogP contribution in [0.1, 0.15) is 40.0 Å². The van der Waals surface area contributed by atoms with Crippen molar-refractivity contribution in [3.63, 3.8) is 0 Å². The molecule has 0 saturated carbocycles. The smallest absolute Gasteiger partial charge is 0.462 e. The Hall–Kier alpha value is -2.30. The van der Waals surface area contributed by atoms with E-state index in [1.165, 1.54) is 20.8 Å². The van der Waals surface area contributed by atoms with Gasteiger partial charge in [0.05, 0.1) is 41.0 Å². The highest BCUT2D eigenvalue weighted by atomic mass is 31.2. The van der Waals surface area contributed by atoms with Gasteiger partial charge in [-0.1, -0.05) is 19.7 Å². The summed E-state index contributed by atoms with van der Waals surface area (Å²) < 4.78 is 33.1. The second kappa shape index (κ2) is 13.7. The largest absolute Gasteiger partial charge is 0.470 e. The predicted molar refractivity (Wildman–Crippen MR) is 129 cm³/mol. The van der Waals surface area contributed by atoms with Gasteiger partial charge in [-0.3, -0.25) is 4.52 Å². The number of likely N-dealkylation sites (N-methyl/N-ethyl adjacent to an activating group) is 1. The Morgan fingerprint density at radius 3 is 1.43 bits per heavy atom. The van der Waals surface area contributed by atoms with Crippen LogP contribution in [0.5, 0.6) is 0 Å². The normalized spacial score (nSPS) is 12.9. The zero-order valence-electron chi connectivity index (χ0n) is 21.5. The molecule has 0 amide bonds. The van der Waals surface area contributed by atoms with Gasteiger partial charge in [-0.15, -0.1) is 0 Å². The van der Waals surface area contributed by atoms with Crippen molar-refractivity contribution in [3.8, 4) is 0 Å². The number of phosphoric ester groups is 1. The van der Waals surface area contributed by atoms with Crippen LogP contribution < -0.4 is 0 Å². The first-order valence-corrected chi connectivity index (χ1v) is 12.4. The van der Waals surface area contributed by atoms with Gasteiger partial charge in [-0.2, -0.15) is 0 Å². The van der Waals surface area contributed by atoms with Gasteiger partial charge < -0.3 is 28.5 Å². The minimum Gasteiger partial charge on any atom is -0.462 e. The first-order chi connectivity index (χ1) is 15.8. The first-order valence-electron chi connectivity index (χ1n) is 10.9. The Bertz CT molecular complexity index is 836. The van der Waals surface area contributed by atoms with E-state index in [1.807, 2.05) is 0 Å². The second-order valence-corrected chi connectivity index (χ2v) is 10.5. The molecule has 12 heteroatoms. The number of esters is 3. The van der Waals surface area contributed by atoms with Crippen molar-refractivity contribution in [2.45, 2.75) is 51.7 Å². The maximum Gasteiger partial charge on any atom is 0.470 e. The maximum absolute atomic E-state index is 12.1. The molecule has 11 nitrogen and oxygen atoms in total. The van der Waals surface area contributed by atoms with Crippen molar-refractivity contribution < 1.29 is 52.0 Å². The molecule has 0 spiro atoms. The number of carbonyl (C=O) groups excluding carboxylic acids is 3. The van der Waals surface area contributed by atoms with Crippen LogP contribution in [0.25, 0.3) is 0 Å². The van der Waals surface area contributed by atoms with E-state index in [2.05, 4.69) is 19.7 Å². The number of hydrogen-bond donors (Lipinski definition) is 2. The summed E-state index contributed by atoms with van der Waals surface area (Å²) in [6.07, 6.45) is -0.196. The molecule has 0 aliphatic heterocycles. The van der Waals surface area contributed by atoms with E-state index in [-0.39, 0.29) is 60.3 Å². The van der Waals surface area contributed by atoms with Crippen LogP contribution in [-0.4, -0.2) is 84.8 Å². The highest BCUT2D eigenvalue weighted by molar-refractivity contribution is 7.46. The van der Waals surface area contributed by atoms with Gasteiger partial charge in [-0.25, -0.2) is 18.9 Å². The Balaban J connectivity index is 6.24. The molecular formula is C23H39NO10P+. The van der Waals surface area contributed by atoms with Crippen molar-refractivity contribution in [1.29, 1.82) is 0 Å². The lowest BCUT2D eigenvalue weighted by Crippen LogP contribution is -2.61. The molecule has 0 aliphatic rings. The average molecular weight is 521 g/mol. The summed E-state index contributed by atoms with van der Waals surface area (Å²) in [6.45, 7) is 14.3. The van der Waals surface area contributed by atoms with Gasteiger partial charge in [0.25, 0.3) is 0 Å². The summed E-state index contributed by atoms with van der Waals surface area (Å²) in [5, 5.41) is 0. The van der Waals surface area contributed by atoms with E-state index in [9.17, 15) is 28.7 Å². The third kappa shape index (κ3) is 12.3. The first kappa shape index (κ1) is 32.7. The lowest BCUT2D eigenvalue weighted by Gasteiger charge is -2.46. The summed E-state index contributed by atoms with van der Waals surface area (Å²) in [4.78, 5) is 55.2. The highest BCUT2D eigenvalue weighted by Gasteiger charge is 2.51. The van der Waals surface area contributed by atoms with Gasteiger partial charge in [0, 0.05) is 36.0 Å². The van der Waals surface area contributed by atoms with Crippen molar-refractivity contribution >= 4 is 25.7 Å². The third-order valence-corrected chi connectivity index (χ3v) is 5.63. The molecule has 1 atom stereocenters. The van der Waals surface area contributed by atoms with E-state index < -0.39 is 37.4 Å². The summed E-state index contributed by atoms with van der Waals surface area (Å²) in [5.74, 6) is -1.97. The number of carbonyl (C=O) groups is 3. The van der Waals surface area contributed by atoms with Crippen LogP contribution in [0.3, 0.4) is 0 Å². The van der Waals surface area contributed by atoms with E-state index in [0.29, 0.717) is 0 Å². The highest BCUT2D eigenvalue weighted by Crippen LogP contribution is 2.47. The van der Waals surface area contributed by atoms with Crippen LogP contribution in [-0.2, 0) is 37.7 Å². The van der Waals surface area contributed by atoms with Crippen molar-refractivity contribution in [3.05, 3.63) is 36.5 Å². The van der Waals surface area contributed by atoms with Crippen molar-refractivity contribution in [2.75, 3.05) is 41.0 Å². The minimum absolute atomic E-state index is 0.102. The van der Waals surface area contributed by atoms with E-state index in [0.717, 1.165) is 0 Å². The summed E-state index contributed by atoms with van der Waals surface area (Å²) in [6, 6.07) is -0.708.